The molecular weight excluding hydrogens is 284 g/mol. The average molecular weight is 293 g/mol. The van der Waals surface area contributed by atoms with Crippen molar-refractivity contribution in [2.24, 2.45) is 0 Å². The molecule has 2 aromatic rings. The van der Waals surface area contributed by atoms with Crippen LogP contribution in [0.25, 0.3) is 0 Å². The van der Waals surface area contributed by atoms with Gasteiger partial charge in [0, 0.05) is 9.79 Å². The standard InChI is InChI=1S/C12H9N2O3S2/c15-14-19(16,17)8-5-6-12-10(7-8)13-9-3-1-2-4-11(9)18-12/h1-7,13-14H/q-1. The van der Waals surface area contributed by atoms with Crippen molar-refractivity contribution in [2.75, 3.05) is 5.32 Å². The fourth-order valence-corrected chi connectivity index (χ4v) is 3.42. The maximum atomic E-state index is 11.5. The van der Waals surface area contributed by atoms with E-state index in [-0.39, 0.29) is 4.90 Å². The quantitative estimate of drug-likeness (QED) is 0.710. The molecule has 19 heavy (non-hydrogen) atoms. The second-order valence-corrected chi connectivity index (χ2v) is 6.70. The molecule has 98 valence electrons. The summed E-state index contributed by atoms with van der Waals surface area (Å²) in [5.74, 6) is 0. The Bertz CT molecular complexity index is 744. The van der Waals surface area contributed by atoms with Gasteiger partial charge in [-0.15, -0.1) is 0 Å². The lowest BCUT2D eigenvalue weighted by atomic mass is 10.2. The zero-order chi connectivity index (χ0) is 13.5. The lowest BCUT2D eigenvalue weighted by Gasteiger charge is -2.21. The van der Waals surface area contributed by atoms with Crippen LogP contribution in [0.5, 0.6) is 0 Å². The fourth-order valence-electron chi connectivity index (χ4n) is 1.83. The predicted molar refractivity (Wildman–Crippen MR) is 74.0 cm³/mol. The van der Waals surface area contributed by atoms with Crippen molar-refractivity contribution in [3.8, 4) is 0 Å². The van der Waals surface area contributed by atoms with Gasteiger partial charge in [0.15, 0.2) is 0 Å². The van der Waals surface area contributed by atoms with Crippen LogP contribution in [0.15, 0.2) is 57.2 Å². The molecule has 0 aliphatic carbocycles. The van der Waals surface area contributed by atoms with Gasteiger partial charge < -0.3 is 10.5 Å². The SMILES string of the molecule is O=S(=O)(N[O-])c1ccc2c(c1)Nc1ccccc1S2. The summed E-state index contributed by atoms with van der Waals surface area (Å²) < 4.78 is 22.9. The molecule has 2 N–H and O–H groups in total. The minimum absolute atomic E-state index is 0.0475. The minimum atomic E-state index is -3.96. The van der Waals surface area contributed by atoms with Gasteiger partial charge in [0.2, 0.25) is 10.0 Å². The Morgan fingerprint density at radius 2 is 1.79 bits per heavy atom. The molecule has 0 saturated carbocycles. The lowest BCUT2D eigenvalue weighted by molar-refractivity contribution is 0.590. The molecule has 1 aliphatic heterocycles. The van der Waals surface area contributed by atoms with E-state index in [0.717, 1.165) is 20.4 Å². The zero-order valence-corrected chi connectivity index (χ0v) is 11.2. The highest BCUT2D eigenvalue weighted by Gasteiger charge is 2.18. The molecule has 0 radical (unpaired) electrons. The maximum Gasteiger partial charge on any atom is 0.229 e. The summed E-state index contributed by atoms with van der Waals surface area (Å²) in [5.41, 5.74) is 1.60. The third-order valence-electron chi connectivity index (χ3n) is 2.75. The second kappa shape index (κ2) is 4.53. The average Bonchev–Trinajstić information content (AvgIpc) is 2.44. The van der Waals surface area contributed by atoms with Crippen molar-refractivity contribution in [1.29, 1.82) is 0 Å². The van der Waals surface area contributed by atoms with E-state index in [2.05, 4.69) is 5.32 Å². The molecule has 0 amide bonds. The van der Waals surface area contributed by atoms with E-state index in [1.807, 2.05) is 24.3 Å². The smallest absolute Gasteiger partial charge is 0.229 e. The largest absolute Gasteiger partial charge is 0.775 e. The first kappa shape index (κ1) is 12.5. The highest BCUT2D eigenvalue weighted by Crippen LogP contribution is 2.44. The Morgan fingerprint density at radius 3 is 2.58 bits per heavy atom. The molecule has 0 atom stereocenters. The van der Waals surface area contributed by atoms with Crippen LogP contribution in [0, 0.1) is 5.21 Å². The van der Waals surface area contributed by atoms with Gasteiger partial charge in [-0.05, 0) is 30.3 Å². The van der Waals surface area contributed by atoms with E-state index in [1.165, 1.54) is 12.1 Å². The van der Waals surface area contributed by atoms with E-state index in [0.29, 0.717) is 5.69 Å². The van der Waals surface area contributed by atoms with Gasteiger partial charge >= 0.3 is 0 Å². The summed E-state index contributed by atoms with van der Waals surface area (Å²) in [6, 6.07) is 12.3. The Balaban J connectivity index is 2.06. The number of hydrogen-bond donors (Lipinski definition) is 2. The van der Waals surface area contributed by atoms with Crippen LogP contribution in [-0.4, -0.2) is 8.42 Å². The Labute approximate surface area is 114 Å². The Hall–Kier alpha value is -1.54. The molecule has 0 saturated heterocycles. The number of para-hydroxylation sites is 1. The summed E-state index contributed by atoms with van der Waals surface area (Å²) >= 11 is 1.55. The van der Waals surface area contributed by atoms with Gasteiger partial charge in [-0.25, -0.2) is 8.42 Å². The molecule has 5 nitrogen and oxygen atoms in total. The molecular formula is C12H9N2O3S2-. The van der Waals surface area contributed by atoms with Crippen molar-refractivity contribution < 1.29 is 8.42 Å². The summed E-state index contributed by atoms with van der Waals surface area (Å²) in [5, 5.41) is 13.6. The highest BCUT2D eigenvalue weighted by atomic mass is 32.2. The maximum absolute atomic E-state index is 11.5. The number of hydrogen-bond acceptors (Lipinski definition) is 5. The van der Waals surface area contributed by atoms with Gasteiger partial charge in [0.05, 0.1) is 16.3 Å². The lowest BCUT2D eigenvalue weighted by Crippen LogP contribution is -2.17. The molecule has 1 aliphatic rings. The van der Waals surface area contributed by atoms with Gasteiger partial charge in [-0.1, -0.05) is 23.9 Å². The molecule has 7 heteroatoms. The minimum Gasteiger partial charge on any atom is -0.775 e. The third kappa shape index (κ3) is 2.21. The number of sulfonamides is 1. The molecule has 1 heterocycles. The number of benzene rings is 2. The number of anilines is 2. The van der Waals surface area contributed by atoms with Gasteiger partial charge in [0.25, 0.3) is 0 Å². The van der Waals surface area contributed by atoms with Crippen LogP contribution < -0.4 is 10.2 Å². The summed E-state index contributed by atoms with van der Waals surface area (Å²) in [6.45, 7) is 0. The van der Waals surface area contributed by atoms with Crippen LogP contribution in [0.4, 0.5) is 11.4 Å². The first-order valence-corrected chi connectivity index (χ1v) is 7.72. The van der Waals surface area contributed by atoms with E-state index in [4.69, 9.17) is 0 Å². The monoisotopic (exact) mass is 293 g/mol. The molecule has 2 aromatic carbocycles. The molecule has 0 fully saturated rings. The van der Waals surface area contributed by atoms with Crippen LogP contribution in [0.3, 0.4) is 0 Å². The number of fused-ring (bicyclic) bond motifs is 2. The van der Waals surface area contributed by atoms with Crippen molar-refractivity contribution in [1.82, 2.24) is 4.89 Å². The fraction of sp³-hybridized carbons (Fsp3) is 0. The van der Waals surface area contributed by atoms with E-state index in [9.17, 15) is 13.6 Å². The zero-order valence-electron chi connectivity index (χ0n) is 9.58. The van der Waals surface area contributed by atoms with Crippen LogP contribution in [0.2, 0.25) is 0 Å². The third-order valence-corrected chi connectivity index (χ3v) is 4.99. The molecule has 0 bridgehead atoms. The Morgan fingerprint density at radius 1 is 1.05 bits per heavy atom. The topological polar surface area (TPSA) is 81.3 Å². The highest BCUT2D eigenvalue weighted by molar-refractivity contribution is 7.99. The Kier molecular flexibility index (Phi) is 2.98. The van der Waals surface area contributed by atoms with E-state index in [1.54, 1.807) is 17.8 Å². The van der Waals surface area contributed by atoms with Crippen molar-refractivity contribution >= 4 is 33.2 Å². The van der Waals surface area contributed by atoms with E-state index < -0.39 is 10.0 Å². The summed E-state index contributed by atoms with van der Waals surface area (Å²) in [6.07, 6.45) is 0. The summed E-state index contributed by atoms with van der Waals surface area (Å²) in [7, 11) is -3.96. The first-order valence-electron chi connectivity index (χ1n) is 5.42. The second-order valence-electron chi connectivity index (χ2n) is 3.97. The molecule has 0 unspecified atom stereocenters. The van der Waals surface area contributed by atoms with Crippen LogP contribution in [-0.2, 0) is 10.0 Å². The first-order chi connectivity index (χ1) is 9.10. The number of nitrogens with one attached hydrogen (secondary N) is 2. The van der Waals surface area contributed by atoms with Gasteiger partial charge in [-0.2, -0.15) is 0 Å². The van der Waals surface area contributed by atoms with Crippen LogP contribution >= 0.6 is 11.8 Å². The summed E-state index contributed by atoms with van der Waals surface area (Å²) in [4.78, 5) is 3.02. The van der Waals surface area contributed by atoms with Crippen LogP contribution in [0.1, 0.15) is 0 Å². The van der Waals surface area contributed by atoms with Crippen molar-refractivity contribution in [2.45, 2.75) is 14.7 Å². The predicted octanol–water partition coefficient (Wildman–Crippen LogP) is 2.67. The van der Waals surface area contributed by atoms with Crippen molar-refractivity contribution in [3.63, 3.8) is 0 Å². The van der Waals surface area contributed by atoms with Gasteiger partial charge in [-0.3, -0.25) is 4.89 Å². The van der Waals surface area contributed by atoms with E-state index >= 15 is 0 Å². The molecule has 3 rings (SSSR count). The normalized spacial score (nSPS) is 13.3. The number of rotatable bonds is 2. The molecule has 0 aromatic heterocycles. The van der Waals surface area contributed by atoms with Gasteiger partial charge in [0.1, 0.15) is 0 Å². The van der Waals surface area contributed by atoms with Crippen molar-refractivity contribution in [3.05, 3.63) is 47.7 Å². The molecule has 0 spiro atoms.